The molecule has 2 nitrogen and oxygen atoms in total. The van der Waals surface area contributed by atoms with Gasteiger partial charge in [-0.05, 0) is 49.3 Å². The fourth-order valence-corrected chi connectivity index (χ4v) is 2.97. The minimum absolute atomic E-state index is 0.261. The van der Waals surface area contributed by atoms with E-state index in [1.54, 1.807) is 0 Å². The number of hydrogen-bond donors (Lipinski definition) is 1. The Morgan fingerprint density at radius 1 is 1.25 bits per heavy atom. The third kappa shape index (κ3) is 3.24. The van der Waals surface area contributed by atoms with Crippen molar-refractivity contribution in [2.24, 2.45) is 11.1 Å². The van der Waals surface area contributed by atoms with Gasteiger partial charge in [0.15, 0.2) is 0 Å². The summed E-state index contributed by atoms with van der Waals surface area (Å²) in [7, 11) is 2.22. The Labute approximate surface area is 124 Å². The smallest absolute Gasteiger partial charge is 0.0473 e. The molecule has 2 atom stereocenters. The molecule has 1 saturated carbocycles. The van der Waals surface area contributed by atoms with Gasteiger partial charge in [0.2, 0.25) is 0 Å². The van der Waals surface area contributed by atoms with Crippen molar-refractivity contribution in [3.8, 4) is 0 Å². The van der Waals surface area contributed by atoms with E-state index in [4.69, 9.17) is 5.73 Å². The Hall–Kier alpha value is -0.860. The molecule has 1 aromatic carbocycles. The van der Waals surface area contributed by atoms with E-state index in [2.05, 4.69) is 63.9 Å². The van der Waals surface area contributed by atoms with Crippen LogP contribution in [0, 0.1) is 5.41 Å². The van der Waals surface area contributed by atoms with E-state index in [0.717, 1.165) is 5.92 Å². The molecule has 20 heavy (non-hydrogen) atoms. The highest BCUT2D eigenvalue weighted by atomic mass is 15.2. The van der Waals surface area contributed by atoms with E-state index < -0.39 is 0 Å². The van der Waals surface area contributed by atoms with Crippen LogP contribution in [0.1, 0.15) is 63.6 Å². The average Bonchev–Trinajstić information content (AvgIpc) is 3.22. The van der Waals surface area contributed by atoms with Gasteiger partial charge < -0.3 is 5.73 Å². The summed E-state index contributed by atoms with van der Waals surface area (Å²) in [5, 5.41) is 0. The van der Waals surface area contributed by atoms with Crippen LogP contribution < -0.4 is 5.73 Å². The van der Waals surface area contributed by atoms with E-state index >= 15 is 0 Å². The predicted molar refractivity (Wildman–Crippen MR) is 86.9 cm³/mol. The second-order valence-corrected chi connectivity index (χ2v) is 7.36. The first-order valence-electron chi connectivity index (χ1n) is 7.87. The summed E-state index contributed by atoms with van der Waals surface area (Å²) in [5.74, 6) is 0.776. The summed E-state index contributed by atoms with van der Waals surface area (Å²) in [5.41, 5.74) is 9.36. The lowest BCUT2D eigenvalue weighted by atomic mass is 9.85. The van der Waals surface area contributed by atoms with Crippen molar-refractivity contribution >= 4 is 0 Å². The molecule has 0 bridgehead atoms. The molecular formula is C18H30N2. The highest BCUT2D eigenvalue weighted by Gasteiger charge is 2.32. The standard InChI is InChI=1S/C18H30N2/c1-13(18(2,3)4)20(5)17(12-19)16-9-7-6-8-15(16)14-10-11-14/h6-9,13-14,17H,10-12,19H2,1-5H3. The van der Waals surface area contributed by atoms with Gasteiger partial charge in [-0.25, -0.2) is 0 Å². The van der Waals surface area contributed by atoms with Crippen molar-refractivity contribution < 1.29 is 0 Å². The molecule has 1 aliphatic rings. The average molecular weight is 274 g/mol. The first kappa shape index (κ1) is 15.5. The number of benzene rings is 1. The number of rotatable bonds is 5. The van der Waals surface area contributed by atoms with Crippen LogP contribution in [0.2, 0.25) is 0 Å². The first-order chi connectivity index (χ1) is 9.36. The minimum Gasteiger partial charge on any atom is -0.329 e. The number of nitrogens with zero attached hydrogens (tertiary/aromatic N) is 1. The lowest BCUT2D eigenvalue weighted by Crippen LogP contribution is -2.44. The van der Waals surface area contributed by atoms with Crippen LogP contribution >= 0.6 is 0 Å². The van der Waals surface area contributed by atoms with Gasteiger partial charge in [-0.1, -0.05) is 45.0 Å². The predicted octanol–water partition coefficient (Wildman–Crippen LogP) is 3.93. The zero-order chi connectivity index (χ0) is 14.9. The van der Waals surface area contributed by atoms with Crippen LogP contribution in [-0.2, 0) is 0 Å². The van der Waals surface area contributed by atoms with Crippen molar-refractivity contribution in [2.75, 3.05) is 13.6 Å². The van der Waals surface area contributed by atoms with Gasteiger partial charge in [-0.15, -0.1) is 0 Å². The summed E-state index contributed by atoms with van der Waals surface area (Å²) in [6, 6.07) is 9.70. The Morgan fingerprint density at radius 2 is 1.85 bits per heavy atom. The molecule has 2 rings (SSSR count). The van der Waals surface area contributed by atoms with Gasteiger partial charge in [0.1, 0.15) is 0 Å². The molecule has 0 aliphatic heterocycles. The third-order valence-corrected chi connectivity index (χ3v) is 4.95. The fourth-order valence-electron chi connectivity index (χ4n) is 2.97. The van der Waals surface area contributed by atoms with Crippen molar-refractivity contribution in [3.05, 3.63) is 35.4 Å². The largest absolute Gasteiger partial charge is 0.329 e. The van der Waals surface area contributed by atoms with E-state index in [0.29, 0.717) is 18.6 Å². The highest BCUT2D eigenvalue weighted by Crippen LogP contribution is 2.44. The van der Waals surface area contributed by atoms with Crippen molar-refractivity contribution in [3.63, 3.8) is 0 Å². The van der Waals surface area contributed by atoms with Gasteiger partial charge >= 0.3 is 0 Å². The first-order valence-corrected chi connectivity index (χ1v) is 7.87. The van der Waals surface area contributed by atoms with Crippen molar-refractivity contribution in [1.82, 2.24) is 4.90 Å². The second kappa shape index (κ2) is 5.87. The summed E-state index contributed by atoms with van der Waals surface area (Å²) in [6.45, 7) is 9.89. The molecular weight excluding hydrogens is 244 g/mol. The van der Waals surface area contributed by atoms with Crippen molar-refractivity contribution in [1.29, 1.82) is 0 Å². The maximum Gasteiger partial charge on any atom is 0.0473 e. The number of hydrogen-bond acceptors (Lipinski definition) is 2. The van der Waals surface area contributed by atoms with Gasteiger partial charge in [0, 0.05) is 18.6 Å². The molecule has 0 amide bonds. The van der Waals surface area contributed by atoms with E-state index in [-0.39, 0.29) is 5.41 Å². The van der Waals surface area contributed by atoms with Crippen LogP contribution in [0.4, 0.5) is 0 Å². The van der Waals surface area contributed by atoms with Crippen LogP contribution in [0.3, 0.4) is 0 Å². The quantitative estimate of drug-likeness (QED) is 0.881. The van der Waals surface area contributed by atoms with E-state index in [1.807, 2.05) is 0 Å². The van der Waals surface area contributed by atoms with Crippen LogP contribution in [0.15, 0.2) is 24.3 Å². The van der Waals surface area contributed by atoms with Gasteiger partial charge in [-0.3, -0.25) is 4.90 Å². The maximum atomic E-state index is 6.13. The number of likely N-dealkylation sites (N-methyl/N-ethyl adjacent to an activating group) is 1. The van der Waals surface area contributed by atoms with Gasteiger partial charge in [-0.2, -0.15) is 0 Å². The van der Waals surface area contributed by atoms with E-state index in [1.165, 1.54) is 24.0 Å². The second-order valence-electron chi connectivity index (χ2n) is 7.36. The molecule has 2 unspecified atom stereocenters. The zero-order valence-electron chi connectivity index (χ0n) is 13.7. The summed E-state index contributed by atoms with van der Waals surface area (Å²) in [4.78, 5) is 2.46. The maximum absolute atomic E-state index is 6.13. The molecule has 0 spiro atoms. The van der Waals surface area contributed by atoms with Crippen LogP contribution in [0.5, 0.6) is 0 Å². The molecule has 1 fully saturated rings. The van der Waals surface area contributed by atoms with E-state index in [9.17, 15) is 0 Å². The Kier molecular flexibility index (Phi) is 4.55. The molecule has 1 aliphatic carbocycles. The zero-order valence-corrected chi connectivity index (χ0v) is 13.7. The molecule has 2 heteroatoms. The Bertz CT molecular complexity index is 443. The summed E-state index contributed by atoms with van der Waals surface area (Å²) >= 11 is 0. The normalized spacial score (nSPS) is 19.1. The topological polar surface area (TPSA) is 29.3 Å². The van der Waals surface area contributed by atoms with Crippen LogP contribution in [0.25, 0.3) is 0 Å². The molecule has 0 aromatic heterocycles. The third-order valence-electron chi connectivity index (χ3n) is 4.95. The molecule has 0 heterocycles. The molecule has 0 saturated heterocycles. The van der Waals surface area contributed by atoms with Crippen LogP contribution in [-0.4, -0.2) is 24.5 Å². The molecule has 112 valence electrons. The minimum atomic E-state index is 0.261. The molecule has 2 N–H and O–H groups in total. The Balaban J connectivity index is 2.28. The lowest BCUT2D eigenvalue weighted by Gasteiger charge is -2.40. The fraction of sp³-hybridized carbons (Fsp3) is 0.667. The summed E-state index contributed by atoms with van der Waals surface area (Å²) < 4.78 is 0. The highest BCUT2D eigenvalue weighted by molar-refractivity contribution is 5.36. The lowest BCUT2D eigenvalue weighted by molar-refractivity contribution is 0.0997. The van der Waals surface area contributed by atoms with Gasteiger partial charge in [0.05, 0.1) is 0 Å². The number of nitrogens with two attached hydrogens (primary N) is 1. The molecule has 1 aromatic rings. The van der Waals surface area contributed by atoms with Crippen molar-refractivity contribution in [2.45, 2.75) is 58.5 Å². The summed E-state index contributed by atoms with van der Waals surface area (Å²) in [6.07, 6.45) is 2.68. The SMILES string of the molecule is CC(N(C)C(CN)c1ccccc1C1CC1)C(C)(C)C. The van der Waals surface area contributed by atoms with Gasteiger partial charge in [0.25, 0.3) is 0 Å². The molecule has 0 radical (unpaired) electrons. The monoisotopic (exact) mass is 274 g/mol. The Morgan fingerprint density at radius 3 is 2.35 bits per heavy atom.